The Balaban J connectivity index is 1.84. The summed E-state index contributed by atoms with van der Waals surface area (Å²) < 4.78 is 0.822. The third-order valence-electron chi connectivity index (χ3n) is 3.07. The summed E-state index contributed by atoms with van der Waals surface area (Å²) in [7, 11) is 0. The fourth-order valence-electron chi connectivity index (χ4n) is 2.11. The van der Waals surface area contributed by atoms with Crippen molar-refractivity contribution in [1.82, 2.24) is 9.97 Å². The predicted octanol–water partition coefficient (Wildman–Crippen LogP) is 4.76. The minimum Gasteiger partial charge on any atom is -0.378 e. The lowest BCUT2D eigenvalue weighted by molar-refractivity contribution is 0.891. The maximum Gasteiger partial charge on any atom is 0.104 e. The second-order valence-electron chi connectivity index (χ2n) is 4.60. The molecule has 5 heteroatoms. The van der Waals surface area contributed by atoms with Crippen molar-refractivity contribution >= 4 is 39.7 Å². The van der Waals surface area contributed by atoms with Gasteiger partial charge in [0, 0.05) is 11.7 Å². The first-order valence-corrected chi connectivity index (χ1v) is 7.34. The Morgan fingerprint density at radius 1 is 1.37 bits per heavy atom. The van der Waals surface area contributed by atoms with Gasteiger partial charge >= 0.3 is 0 Å². The van der Waals surface area contributed by atoms with Crippen LogP contribution in [0.25, 0.3) is 11.0 Å². The first kappa shape index (κ1) is 12.5. The zero-order valence-corrected chi connectivity index (χ0v) is 12.3. The van der Waals surface area contributed by atoms with Crippen LogP contribution in [0.15, 0.2) is 29.6 Å². The van der Waals surface area contributed by atoms with E-state index >= 15 is 0 Å². The summed E-state index contributed by atoms with van der Waals surface area (Å²) >= 11 is 7.52. The van der Waals surface area contributed by atoms with E-state index in [4.69, 9.17) is 11.6 Å². The molecule has 0 bridgehead atoms. The minimum atomic E-state index is 0.227. The van der Waals surface area contributed by atoms with Crippen molar-refractivity contribution in [1.29, 1.82) is 0 Å². The topological polar surface area (TPSA) is 40.7 Å². The summed E-state index contributed by atoms with van der Waals surface area (Å²) in [5.74, 6) is 0.935. The van der Waals surface area contributed by atoms with Crippen LogP contribution in [-0.4, -0.2) is 9.97 Å². The molecule has 3 nitrogen and oxygen atoms in total. The van der Waals surface area contributed by atoms with Crippen molar-refractivity contribution in [2.24, 2.45) is 0 Å². The van der Waals surface area contributed by atoms with Crippen LogP contribution in [0.1, 0.15) is 24.4 Å². The largest absolute Gasteiger partial charge is 0.378 e. The lowest BCUT2D eigenvalue weighted by atomic mass is 10.1. The van der Waals surface area contributed by atoms with Crippen molar-refractivity contribution < 1.29 is 0 Å². The van der Waals surface area contributed by atoms with Crippen LogP contribution in [0.2, 0.25) is 4.34 Å². The van der Waals surface area contributed by atoms with E-state index in [-0.39, 0.29) is 6.04 Å². The van der Waals surface area contributed by atoms with E-state index in [0.717, 1.165) is 26.9 Å². The van der Waals surface area contributed by atoms with E-state index < -0.39 is 0 Å². The molecule has 0 amide bonds. The number of thiophene rings is 1. The smallest absolute Gasteiger partial charge is 0.104 e. The number of hydrogen-bond acceptors (Lipinski definition) is 3. The maximum absolute atomic E-state index is 5.97. The highest BCUT2D eigenvalue weighted by atomic mass is 35.5. The molecule has 0 radical (unpaired) electrons. The van der Waals surface area contributed by atoms with E-state index in [2.05, 4.69) is 33.7 Å². The van der Waals surface area contributed by atoms with Gasteiger partial charge in [0.1, 0.15) is 5.82 Å². The summed E-state index contributed by atoms with van der Waals surface area (Å²) in [6.07, 6.45) is 0. The molecule has 1 atom stereocenters. The molecule has 2 aromatic heterocycles. The van der Waals surface area contributed by atoms with Gasteiger partial charge < -0.3 is 10.3 Å². The Hall–Kier alpha value is -1.52. The van der Waals surface area contributed by atoms with E-state index in [1.807, 2.05) is 25.1 Å². The van der Waals surface area contributed by atoms with Crippen LogP contribution in [0.3, 0.4) is 0 Å². The van der Waals surface area contributed by atoms with Gasteiger partial charge in [0.15, 0.2) is 0 Å². The lowest BCUT2D eigenvalue weighted by Crippen LogP contribution is -2.05. The zero-order valence-electron chi connectivity index (χ0n) is 10.7. The molecule has 2 N–H and O–H groups in total. The Kier molecular flexibility index (Phi) is 3.21. The van der Waals surface area contributed by atoms with E-state index in [9.17, 15) is 0 Å². The van der Waals surface area contributed by atoms with Crippen LogP contribution in [0.4, 0.5) is 5.69 Å². The van der Waals surface area contributed by atoms with Gasteiger partial charge in [-0.25, -0.2) is 4.98 Å². The summed E-state index contributed by atoms with van der Waals surface area (Å²) in [4.78, 5) is 7.64. The Morgan fingerprint density at radius 3 is 2.95 bits per heavy atom. The summed E-state index contributed by atoms with van der Waals surface area (Å²) in [6.45, 7) is 4.09. The average molecular weight is 292 g/mol. The van der Waals surface area contributed by atoms with E-state index in [1.54, 1.807) is 11.3 Å². The normalized spacial score (nSPS) is 12.8. The highest BCUT2D eigenvalue weighted by molar-refractivity contribution is 7.14. The van der Waals surface area contributed by atoms with Crippen molar-refractivity contribution in [3.63, 3.8) is 0 Å². The van der Waals surface area contributed by atoms with E-state index in [1.165, 1.54) is 5.56 Å². The molecule has 1 unspecified atom stereocenters. The highest BCUT2D eigenvalue weighted by Crippen LogP contribution is 2.27. The molecule has 0 aliphatic heterocycles. The monoisotopic (exact) mass is 291 g/mol. The number of hydrogen-bond donors (Lipinski definition) is 2. The van der Waals surface area contributed by atoms with Crippen molar-refractivity contribution in [2.45, 2.75) is 19.9 Å². The molecule has 2 heterocycles. The molecule has 0 saturated carbocycles. The number of anilines is 1. The third-order valence-corrected chi connectivity index (χ3v) is 4.18. The first-order valence-electron chi connectivity index (χ1n) is 6.08. The molecule has 0 saturated heterocycles. The molecule has 1 aromatic carbocycles. The van der Waals surface area contributed by atoms with Gasteiger partial charge in [-0.3, -0.25) is 0 Å². The van der Waals surface area contributed by atoms with Gasteiger partial charge in [0.2, 0.25) is 0 Å². The summed E-state index contributed by atoms with van der Waals surface area (Å²) in [5.41, 5.74) is 4.33. The number of aryl methyl sites for hydroxylation is 1. The first-order chi connectivity index (χ1) is 9.11. The lowest BCUT2D eigenvalue weighted by Gasteiger charge is -2.13. The number of aromatic nitrogens is 2. The number of H-pyrrole nitrogens is 1. The van der Waals surface area contributed by atoms with Gasteiger partial charge in [-0.2, -0.15) is 0 Å². The standard InChI is InChI=1S/C14H14ClN3S/c1-8(10-5-14(15)19-7-10)16-11-3-4-12-13(6-11)18-9(2)17-12/h3-8,16H,1-2H3,(H,17,18). The Morgan fingerprint density at radius 2 is 2.21 bits per heavy atom. The molecule has 3 rings (SSSR count). The van der Waals surface area contributed by atoms with Crippen molar-refractivity contribution in [3.05, 3.63) is 45.4 Å². The second kappa shape index (κ2) is 4.87. The average Bonchev–Trinajstić information content (AvgIpc) is 2.93. The molecule has 0 aliphatic carbocycles. The number of halogens is 1. The van der Waals surface area contributed by atoms with Gasteiger partial charge in [0.25, 0.3) is 0 Å². The molecular weight excluding hydrogens is 278 g/mol. The molecule has 0 spiro atoms. The van der Waals surface area contributed by atoms with Crippen LogP contribution in [0.5, 0.6) is 0 Å². The SMILES string of the molecule is Cc1nc2ccc(NC(C)c3csc(Cl)c3)cc2[nH]1. The fourth-order valence-corrected chi connectivity index (χ4v) is 3.10. The quantitative estimate of drug-likeness (QED) is 0.730. The van der Waals surface area contributed by atoms with E-state index in [0.29, 0.717) is 0 Å². The molecule has 0 aliphatic rings. The zero-order chi connectivity index (χ0) is 13.4. The van der Waals surface area contributed by atoms with Crippen LogP contribution < -0.4 is 5.32 Å². The van der Waals surface area contributed by atoms with Crippen LogP contribution >= 0.6 is 22.9 Å². The third kappa shape index (κ3) is 2.60. The maximum atomic E-state index is 5.97. The van der Waals surface area contributed by atoms with Crippen LogP contribution in [0, 0.1) is 6.92 Å². The number of imidazole rings is 1. The molecular formula is C14H14ClN3S. The molecule has 0 fully saturated rings. The van der Waals surface area contributed by atoms with Gasteiger partial charge in [-0.1, -0.05) is 11.6 Å². The predicted molar refractivity (Wildman–Crippen MR) is 82.2 cm³/mol. The summed E-state index contributed by atoms with van der Waals surface area (Å²) in [6, 6.07) is 8.38. The second-order valence-corrected chi connectivity index (χ2v) is 6.15. The van der Waals surface area contributed by atoms with Crippen molar-refractivity contribution in [2.75, 3.05) is 5.32 Å². The number of fused-ring (bicyclic) bond motifs is 1. The van der Waals surface area contributed by atoms with Gasteiger partial charge in [-0.15, -0.1) is 11.3 Å². The number of benzene rings is 1. The Bertz CT molecular complexity index is 716. The number of rotatable bonds is 3. The fraction of sp³-hybridized carbons (Fsp3) is 0.214. The number of aromatic amines is 1. The number of nitrogens with one attached hydrogen (secondary N) is 2. The number of nitrogens with zero attached hydrogens (tertiary/aromatic N) is 1. The summed E-state index contributed by atoms with van der Waals surface area (Å²) in [5, 5.41) is 5.56. The van der Waals surface area contributed by atoms with Crippen LogP contribution in [-0.2, 0) is 0 Å². The molecule has 3 aromatic rings. The van der Waals surface area contributed by atoms with Gasteiger partial charge in [0.05, 0.1) is 15.4 Å². The van der Waals surface area contributed by atoms with Gasteiger partial charge in [-0.05, 0) is 49.1 Å². The molecule has 98 valence electrons. The minimum absolute atomic E-state index is 0.227. The molecule has 19 heavy (non-hydrogen) atoms. The highest BCUT2D eigenvalue weighted by Gasteiger charge is 2.08. The van der Waals surface area contributed by atoms with Crippen molar-refractivity contribution in [3.8, 4) is 0 Å². The Labute approximate surface area is 120 Å².